The summed E-state index contributed by atoms with van der Waals surface area (Å²) in [5, 5.41) is 0. The molecule has 1 unspecified atom stereocenters. The lowest BCUT2D eigenvalue weighted by atomic mass is 10.3. The van der Waals surface area contributed by atoms with Gasteiger partial charge in [-0.25, -0.2) is 13.1 Å². The molecule has 0 aliphatic rings. The molecular formula is C9H13N3O3S3. The molecule has 9 heteroatoms. The molecule has 1 heterocycles. The van der Waals surface area contributed by atoms with Gasteiger partial charge in [-0.1, -0.05) is 12.2 Å². The molecule has 1 aromatic heterocycles. The number of hydrogen-bond donors (Lipinski definition) is 2. The summed E-state index contributed by atoms with van der Waals surface area (Å²) in [4.78, 5) is 3.97. The number of hydrogen-bond acceptors (Lipinski definition) is 5. The highest BCUT2D eigenvalue weighted by atomic mass is 32.2. The topological polar surface area (TPSA) is 102 Å². The van der Waals surface area contributed by atoms with Crippen molar-refractivity contribution in [1.82, 2.24) is 9.71 Å². The van der Waals surface area contributed by atoms with Gasteiger partial charge < -0.3 is 5.73 Å². The summed E-state index contributed by atoms with van der Waals surface area (Å²) in [6, 6.07) is 2.81. The van der Waals surface area contributed by atoms with Crippen molar-refractivity contribution in [2.75, 3.05) is 18.6 Å². The minimum Gasteiger partial charge on any atom is -0.388 e. The van der Waals surface area contributed by atoms with Gasteiger partial charge in [0.2, 0.25) is 10.0 Å². The molecule has 1 rings (SSSR count). The Labute approximate surface area is 113 Å². The smallest absolute Gasteiger partial charge is 0.242 e. The highest BCUT2D eigenvalue weighted by Crippen LogP contribution is 2.07. The molecule has 0 radical (unpaired) electrons. The van der Waals surface area contributed by atoms with Crippen molar-refractivity contribution < 1.29 is 12.6 Å². The van der Waals surface area contributed by atoms with Crippen LogP contribution in [0.4, 0.5) is 0 Å². The summed E-state index contributed by atoms with van der Waals surface area (Å²) in [6.07, 6.45) is 2.69. The van der Waals surface area contributed by atoms with E-state index in [0.717, 1.165) is 0 Å². The summed E-state index contributed by atoms with van der Waals surface area (Å²) < 4.78 is 36.7. The number of nitrogens with one attached hydrogen (secondary N) is 1. The summed E-state index contributed by atoms with van der Waals surface area (Å²) in [5.74, 6) is 0.262. The Hall–Kier alpha value is -0.900. The number of pyridine rings is 1. The van der Waals surface area contributed by atoms with Crippen LogP contribution in [0.3, 0.4) is 0 Å². The van der Waals surface area contributed by atoms with Crippen LogP contribution in [0.2, 0.25) is 0 Å². The van der Waals surface area contributed by atoms with Gasteiger partial charge in [0.05, 0.1) is 5.69 Å². The number of nitrogens with zero attached hydrogens (tertiary/aromatic N) is 1. The van der Waals surface area contributed by atoms with Crippen LogP contribution in [0.5, 0.6) is 0 Å². The first-order chi connectivity index (χ1) is 8.33. The van der Waals surface area contributed by atoms with Crippen molar-refractivity contribution in [3.8, 4) is 0 Å². The SMILES string of the molecule is CS(=O)CCNS(=O)(=O)c1ccc(C(N)=S)nc1. The van der Waals surface area contributed by atoms with Crippen molar-refractivity contribution >= 4 is 38.0 Å². The molecular weight excluding hydrogens is 294 g/mol. The van der Waals surface area contributed by atoms with E-state index in [2.05, 4.69) is 9.71 Å². The van der Waals surface area contributed by atoms with Crippen molar-refractivity contribution in [1.29, 1.82) is 0 Å². The predicted molar refractivity (Wildman–Crippen MR) is 74.2 cm³/mol. The molecule has 0 saturated carbocycles. The quantitative estimate of drug-likeness (QED) is 0.679. The molecule has 1 aromatic rings. The largest absolute Gasteiger partial charge is 0.388 e. The maximum atomic E-state index is 11.8. The van der Waals surface area contributed by atoms with Crippen LogP contribution in [0.25, 0.3) is 0 Å². The first-order valence-electron chi connectivity index (χ1n) is 4.88. The second kappa shape index (κ2) is 6.32. The first-order valence-corrected chi connectivity index (χ1v) is 8.50. The van der Waals surface area contributed by atoms with Crippen molar-refractivity contribution in [3.05, 3.63) is 24.0 Å². The van der Waals surface area contributed by atoms with Gasteiger partial charge in [-0.15, -0.1) is 0 Å². The molecule has 3 N–H and O–H groups in total. The third-order valence-corrected chi connectivity index (χ3v) is 4.42. The zero-order valence-electron chi connectivity index (χ0n) is 9.62. The molecule has 1 atom stereocenters. The Balaban J connectivity index is 2.79. The molecule has 0 bridgehead atoms. The average molecular weight is 307 g/mol. The fourth-order valence-corrected chi connectivity index (χ4v) is 2.70. The van der Waals surface area contributed by atoms with Crippen molar-refractivity contribution in [2.24, 2.45) is 5.73 Å². The second-order valence-electron chi connectivity index (χ2n) is 3.42. The Morgan fingerprint density at radius 3 is 2.67 bits per heavy atom. The van der Waals surface area contributed by atoms with E-state index >= 15 is 0 Å². The van der Waals surface area contributed by atoms with E-state index in [9.17, 15) is 12.6 Å². The summed E-state index contributed by atoms with van der Waals surface area (Å²) in [7, 11) is -4.67. The van der Waals surface area contributed by atoms with Gasteiger partial charge in [-0.05, 0) is 12.1 Å². The lowest BCUT2D eigenvalue weighted by molar-refractivity contribution is 0.583. The standard InChI is InChI=1S/C9H13N3O3S3/c1-17(13)5-4-12-18(14,15)7-2-3-8(9(10)16)11-6-7/h2-3,6,12H,4-5H2,1H3,(H2,10,16). The lowest BCUT2D eigenvalue weighted by Gasteiger charge is -2.06. The molecule has 0 saturated heterocycles. The fraction of sp³-hybridized carbons (Fsp3) is 0.333. The van der Waals surface area contributed by atoms with Crippen molar-refractivity contribution in [3.63, 3.8) is 0 Å². The predicted octanol–water partition coefficient (Wildman–Crippen LogP) is -0.627. The van der Waals surface area contributed by atoms with E-state index in [1.165, 1.54) is 24.6 Å². The Morgan fingerprint density at radius 2 is 2.22 bits per heavy atom. The van der Waals surface area contributed by atoms with E-state index < -0.39 is 20.8 Å². The number of thiocarbonyl (C=S) groups is 1. The normalized spacial score (nSPS) is 13.2. The zero-order valence-corrected chi connectivity index (χ0v) is 12.1. The minimum absolute atomic E-state index is 0.0179. The Morgan fingerprint density at radius 1 is 1.56 bits per heavy atom. The minimum atomic E-state index is -3.63. The second-order valence-corrected chi connectivity index (χ2v) is 7.18. The van der Waals surface area contributed by atoms with Gasteiger partial charge >= 0.3 is 0 Å². The molecule has 0 aromatic carbocycles. The van der Waals surface area contributed by atoms with Gasteiger partial charge in [0.15, 0.2) is 0 Å². The van der Waals surface area contributed by atoms with E-state index in [1.54, 1.807) is 0 Å². The Kier molecular flexibility index (Phi) is 5.32. The molecule has 0 aliphatic carbocycles. The molecule has 100 valence electrons. The van der Waals surface area contributed by atoms with E-state index in [0.29, 0.717) is 5.69 Å². The van der Waals surface area contributed by atoms with Gasteiger partial charge in [0.1, 0.15) is 9.88 Å². The third-order valence-electron chi connectivity index (χ3n) is 1.98. The summed E-state index contributed by atoms with van der Waals surface area (Å²) in [6.45, 7) is 0.114. The van der Waals surface area contributed by atoms with Crippen LogP contribution >= 0.6 is 12.2 Å². The number of nitrogens with two attached hydrogens (primary N) is 1. The number of sulfonamides is 1. The van der Waals surface area contributed by atoms with E-state index in [1.807, 2.05) is 0 Å². The van der Waals surface area contributed by atoms with Crippen LogP contribution < -0.4 is 10.5 Å². The van der Waals surface area contributed by atoms with Crippen LogP contribution in [0.15, 0.2) is 23.2 Å². The molecule has 18 heavy (non-hydrogen) atoms. The monoisotopic (exact) mass is 307 g/mol. The molecule has 0 fully saturated rings. The van der Waals surface area contributed by atoms with Crippen LogP contribution in [0.1, 0.15) is 5.69 Å². The fourth-order valence-electron chi connectivity index (χ4n) is 1.09. The Bertz CT molecular complexity index is 554. The third kappa shape index (κ3) is 4.41. The molecule has 6 nitrogen and oxygen atoms in total. The summed E-state index contributed by atoms with van der Waals surface area (Å²) in [5.41, 5.74) is 5.72. The summed E-state index contributed by atoms with van der Waals surface area (Å²) >= 11 is 4.71. The number of aromatic nitrogens is 1. The first kappa shape index (κ1) is 15.2. The van der Waals surface area contributed by atoms with Crippen LogP contribution in [-0.2, 0) is 20.8 Å². The van der Waals surface area contributed by atoms with Gasteiger partial charge in [-0.2, -0.15) is 0 Å². The highest BCUT2D eigenvalue weighted by Gasteiger charge is 2.14. The molecule has 0 amide bonds. The molecule has 0 spiro atoms. The van der Waals surface area contributed by atoms with Gasteiger partial charge in [0.25, 0.3) is 0 Å². The number of rotatable bonds is 6. The van der Waals surface area contributed by atoms with Gasteiger partial charge in [-0.3, -0.25) is 9.19 Å². The average Bonchev–Trinajstić information content (AvgIpc) is 2.28. The van der Waals surface area contributed by atoms with E-state index in [4.69, 9.17) is 18.0 Å². The maximum absolute atomic E-state index is 11.8. The maximum Gasteiger partial charge on any atom is 0.242 e. The van der Waals surface area contributed by atoms with Crippen LogP contribution in [-0.4, -0.2) is 41.2 Å². The molecule has 0 aliphatic heterocycles. The highest BCUT2D eigenvalue weighted by molar-refractivity contribution is 7.89. The van der Waals surface area contributed by atoms with E-state index in [-0.39, 0.29) is 22.2 Å². The zero-order chi connectivity index (χ0) is 13.8. The van der Waals surface area contributed by atoms with Crippen molar-refractivity contribution in [2.45, 2.75) is 4.90 Å². The lowest BCUT2D eigenvalue weighted by Crippen LogP contribution is -2.28. The van der Waals surface area contributed by atoms with Gasteiger partial charge in [0, 0.05) is 35.5 Å². The van der Waals surface area contributed by atoms with Crippen LogP contribution in [0, 0.1) is 0 Å².